The van der Waals surface area contributed by atoms with Gasteiger partial charge in [-0.1, -0.05) is 30.3 Å². The summed E-state index contributed by atoms with van der Waals surface area (Å²) in [6.45, 7) is 6.32. The average molecular weight is 502 g/mol. The van der Waals surface area contributed by atoms with Crippen LogP contribution in [0.5, 0.6) is 0 Å². The molecule has 6 nitrogen and oxygen atoms in total. The second kappa shape index (κ2) is 11.9. The van der Waals surface area contributed by atoms with Gasteiger partial charge in [-0.2, -0.15) is 0 Å². The smallest absolute Gasteiger partial charge is 0.191 e. The lowest BCUT2D eigenvalue weighted by Crippen LogP contribution is -2.58. The molecule has 158 valence electrons. The number of ether oxygens (including phenoxy) is 2. The number of hydrogen-bond donors (Lipinski definition) is 3. The maximum atomic E-state index is 5.69. The number of guanidine groups is 1. The van der Waals surface area contributed by atoms with Crippen LogP contribution >= 0.6 is 24.0 Å². The van der Waals surface area contributed by atoms with E-state index in [4.69, 9.17) is 9.47 Å². The van der Waals surface area contributed by atoms with Gasteiger partial charge < -0.3 is 25.4 Å². The zero-order valence-electron chi connectivity index (χ0n) is 17.1. The molecule has 2 fully saturated rings. The fourth-order valence-corrected chi connectivity index (χ4v) is 3.91. The minimum absolute atomic E-state index is 0. The molecule has 0 amide bonds. The highest BCUT2D eigenvalue weighted by Crippen LogP contribution is 2.25. The maximum absolute atomic E-state index is 5.69. The van der Waals surface area contributed by atoms with E-state index in [2.05, 4.69) is 58.2 Å². The van der Waals surface area contributed by atoms with Gasteiger partial charge in [0.25, 0.3) is 0 Å². The number of hydrogen-bond acceptors (Lipinski definition) is 4. The molecular formula is C21H35IN4O2. The molecule has 28 heavy (non-hydrogen) atoms. The van der Waals surface area contributed by atoms with Crippen LogP contribution in [-0.2, 0) is 9.47 Å². The Balaban J connectivity index is 0.00000280. The summed E-state index contributed by atoms with van der Waals surface area (Å²) < 4.78 is 11.3. The molecule has 2 aliphatic heterocycles. The molecule has 0 saturated carbocycles. The number of rotatable bonds is 7. The van der Waals surface area contributed by atoms with Crippen molar-refractivity contribution < 1.29 is 9.47 Å². The van der Waals surface area contributed by atoms with Crippen LogP contribution in [0.1, 0.15) is 44.2 Å². The highest BCUT2D eigenvalue weighted by molar-refractivity contribution is 14.0. The van der Waals surface area contributed by atoms with Crippen molar-refractivity contribution in [3.05, 3.63) is 35.9 Å². The van der Waals surface area contributed by atoms with Crippen LogP contribution in [0.4, 0.5) is 0 Å². The Hall–Kier alpha value is -0.900. The van der Waals surface area contributed by atoms with Crippen molar-refractivity contribution >= 4 is 29.9 Å². The Morgan fingerprint density at radius 1 is 1.18 bits per heavy atom. The zero-order valence-corrected chi connectivity index (χ0v) is 19.4. The first kappa shape index (κ1) is 23.4. The third kappa shape index (κ3) is 6.86. The zero-order chi connectivity index (χ0) is 19.0. The van der Waals surface area contributed by atoms with Crippen LogP contribution in [0.2, 0.25) is 0 Å². The second-order valence-corrected chi connectivity index (χ2v) is 7.61. The maximum Gasteiger partial charge on any atom is 0.191 e. The molecule has 1 aromatic rings. The van der Waals surface area contributed by atoms with E-state index in [-0.39, 0.29) is 35.6 Å². The molecule has 0 aliphatic carbocycles. The summed E-state index contributed by atoms with van der Waals surface area (Å²) in [7, 11) is 1.82. The molecule has 0 spiro atoms. The van der Waals surface area contributed by atoms with Crippen molar-refractivity contribution in [2.24, 2.45) is 4.99 Å². The van der Waals surface area contributed by atoms with Crippen molar-refractivity contribution in [1.29, 1.82) is 0 Å². The van der Waals surface area contributed by atoms with E-state index in [9.17, 15) is 0 Å². The van der Waals surface area contributed by atoms with Crippen molar-refractivity contribution in [3.8, 4) is 0 Å². The predicted octanol–water partition coefficient (Wildman–Crippen LogP) is 2.85. The van der Waals surface area contributed by atoms with E-state index < -0.39 is 0 Å². The van der Waals surface area contributed by atoms with Crippen LogP contribution in [0.15, 0.2) is 35.3 Å². The number of nitrogens with zero attached hydrogens (tertiary/aromatic N) is 1. The second-order valence-electron chi connectivity index (χ2n) is 7.61. The SMILES string of the molecule is CN=C(NCC1CCCO1)NCC1(NC(C)c2ccccc2)CCOCC1.I. The Morgan fingerprint density at radius 3 is 2.57 bits per heavy atom. The van der Waals surface area contributed by atoms with Crippen molar-refractivity contribution in [1.82, 2.24) is 16.0 Å². The molecule has 2 aliphatic rings. The van der Waals surface area contributed by atoms with Gasteiger partial charge in [0.15, 0.2) is 5.96 Å². The molecule has 0 aromatic heterocycles. The minimum Gasteiger partial charge on any atom is -0.381 e. The molecule has 2 heterocycles. The summed E-state index contributed by atoms with van der Waals surface area (Å²) in [5.41, 5.74) is 1.30. The summed E-state index contributed by atoms with van der Waals surface area (Å²) in [5, 5.41) is 10.8. The van der Waals surface area contributed by atoms with Gasteiger partial charge in [0.1, 0.15) is 0 Å². The van der Waals surface area contributed by atoms with E-state index >= 15 is 0 Å². The third-order valence-electron chi connectivity index (χ3n) is 5.61. The van der Waals surface area contributed by atoms with E-state index in [1.54, 1.807) is 0 Å². The van der Waals surface area contributed by atoms with Crippen LogP contribution in [-0.4, -0.2) is 57.6 Å². The summed E-state index contributed by atoms with van der Waals surface area (Å²) in [6.07, 6.45) is 4.56. The van der Waals surface area contributed by atoms with Gasteiger partial charge in [0.05, 0.1) is 6.10 Å². The molecule has 7 heteroatoms. The van der Waals surface area contributed by atoms with Crippen LogP contribution in [0, 0.1) is 0 Å². The van der Waals surface area contributed by atoms with Crippen molar-refractivity contribution in [2.45, 2.75) is 50.3 Å². The topological polar surface area (TPSA) is 66.9 Å². The molecule has 3 rings (SSSR count). The Labute approximate surface area is 186 Å². The van der Waals surface area contributed by atoms with E-state index in [1.165, 1.54) is 5.56 Å². The lowest BCUT2D eigenvalue weighted by molar-refractivity contribution is 0.0354. The normalized spacial score (nSPS) is 22.9. The number of halogens is 1. The summed E-state index contributed by atoms with van der Waals surface area (Å²) in [4.78, 5) is 4.38. The van der Waals surface area contributed by atoms with Gasteiger partial charge in [-0.05, 0) is 38.2 Å². The molecule has 2 unspecified atom stereocenters. The standard InChI is InChI=1S/C21H34N4O2.HI/c1-17(18-7-4-3-5-8-18)25-21(10-13-26-14-11-21)16-24-20(22-2)23-15-19-9-6-12-27-19;/h3-5,7-8,17,19,25H,6,9-16H2,1-2H3,(H2,22,23,24);1H. The van der Waals surface area contributed by atoms with Crippen LogP contribution < -0.4 is 16.0 Å². The monoisotopic (exact) mass is 502 g/mol. The summed E-state index contributed by atoms with van der Waals surface area (Å²) >= 11 is 0. The highest BCUT2D eigenvalue weighted by atomic mass is 127. The van der Waals surface area contributed by atoms with Crippen LogP contribution in [0.3, 0.4) is 0 Å². The quantitative estimate of drug-likeness (QED) is 0.304. The van der Waals surface area contributed by atoms with Gasteiger partial charge in [-0.15, -0.1) is 24.0 Å². The predicted molar refractivity (Wildman–Crippen MR) is 125 cm³/mol. The lowest BCUT2D eigenvalue weighted by atomic mass is 9.88. The molecule has 0 bridgehead atoms. The van der Waals surface area contributed by atoms with Gasteiger partial charge in [-0.25, -0.2) is 0 Å². The average Bonchev–Trinajstić information content (AvgIpc) is 3.23. The first-order chi connectivity index (χ1) is 13.2. The van der Waals surface area contributed by atoms with Crippen LogP contribution in [0.25, 0.3) is 0 Å². The number of aliphatic imine (C=N–C) groups is 1. The molecule has 0 radical (unpaired) electrons. The lowest BCUT2D eigenvalue weighted by Gasteiger charge is -2.41. The molecule has 2 saturated heterocycles. The molecular weight excluding hydrogens is 467 g/mol. The van der Waals surface area contributed by atoms with Gasteiger partial charge in [0.2, 0.25) is 0 Å². The minimum atomic E-state index is -0.00497. The highest BCUT2D eigenvalue weighted by Gasteiger charge is 2.34. The van der Waals surface area contributed by atoms with Gasteiger partial charge in [-0.3, -0.25) is 4.99 Å². The number of nitrogens with one attached hydrogen (secondary N) is 3. The number of benzene rings is 1. The van der Waals surface area contributed by atoms with E-state index in [1.807, 2.05) is 7.05 Å². The van der Waals surface area contributed by atoms with Crippen molar-refractivity contribution in [3.63, 3.8) is 0 Å². The molecule has 2 atom stereocenters. The summed E-state index contributed by atoms with van der Waals surface area (Å²) in [5.74, 6) is 0.838. The van der Waals surface area contributed by atoms with E-state index in [0.29, 0.717) is 6.10 Å². The van der Waals surface area contributed by atoms with Gasteiger partial charge >= 0.3 is 0 Å². The van der Waals surface area contributed by atoms with Crippen molar-refractivity contribution in [2.75, 3.05) is 40.0 Å². The largest absolute Gasteiger partial charge is 0.381 e. The molecule has 1 aromatic carbocycles. The third-order valence-corrected chi connectivity index (χ3v) is 5.61. The Morgan fingerprint density at radius 2 is 1.93 bits per heavy atom. The first-order valence-electron chi connectivity index (χ1n) is 10.2. The van der Waals surface area contributed by atoms with E-state index in [0.717, 1.165) is 64.6 Å². The first-order valence-corrected chi connectivity index (χ1v) is 10.2. The fourth-order valence-electron chi connectivity index (χ4n) is 3.91. The Kier molecular flexibility index (Phi) is 9.98. The molecule has 3 N–H and O–H groups in total. The summed E-state index contributed by atoms with van der Waals surface area (Å²) in [6, 6.07) is 10.9. The Bertz CT molecular complexity index is 587. The van der Waals surface area contributed by atoms with Gasteiger partial charge in [0, 0.05) is 51.5 Å². The fraction of sp³-hybridized carbons (Fsp3) is 0.667.